The molecule has 0 N–H and O–H groups in total. The number of hydrogen-bond acceptors (Lipinski definition) is 5. The Bertz CT molecular complexity index is 513. The molecule has 1 aromatic carbocycles. The van der Waals surface area contributed by atoms with E-state index in [1.807, 2.05) is 39.8 Å². The van der Waals surface area contributed by atoms with E-state index >= 15 is 0 Å². The van der Waals surface area contributed by atoms with Gasteiger partial charge in [0.05, 0.1) is 11.1 Å². The van der Waals surface area contributed by atoms with Crippen molar-refractivity contribution in [1.29, 1.82) is 0 Å². The Balaban J connectivity index is 2.48. The van der Waals surface area contributed by atoms with Crippen molar-refractivity contribution in [2.45, 2.75) is 38.8 Å². The molecule has 1 aliphatic rings. The summed E-state index contributed by atoms with van der Waals surface area (Å²) in [6.07, 6.45) is 0. The minimum absolute atomic E-state index is 0.438. The summed E-state index contributed by atoms with van der Waals surface area (Å²) in [6, 6.07) is 8.11. The number of rotatable bonds is 4. The summed E-state index contributed by atoms with van der Waals surface area (Å²) < 4.78 is 27.8. The van der Waals surface area contributed by atoms with Crippen LogP contribution in [-0.4, -0.2) is 19.3 Å². The summed E-state index contributed by atoms with van der Waals surface area (Å²) in [4.78, 5) is 0. The zero-order valence-electron chi connectivity index (χ0n) is 12.8. The molecule has 0 spiro atoms. The predicted molar refractivity (Wildman–Crippen MR) is 77.0 cm³/mol. The Morgan fingerprint density at radius 1 is 0.950 bits per heavy atom. The van der Waals surface area contributed by atoms with Gasteiger partial charge in [-0.1, -0.05) is 24.3 Å². The van der Waals surface area contributed by atoms with Gasteiger partial charge in [0, 0.05) is 14.2 Å². The molecule has 0 saturated carbocycles. The molecular weight excluding hydrogens is 277 g/mol. The minimum Gasteiger partial charge on any atom is -0.289 e. The maximum Gasteiger partial charge on any atom is 0.491 e. The smallest absolute Gasteiger partial charge is 0.289 e. The van der Waals surface area contributed by atoms with Gasteiger partial charge in [-0.2, -0.15) is 9.69 Å². The molecule has 2 rings (SSSR count). The molecule has 0 aliphatic carbocycles. The summed E-state index contributed by atoms with van der Waals surface area (Å²) in [5.74, 6) is 0. The number of phosphoric acid groups is 1. The van der Waals surface area contributed by atoms with Crippen molar-refractivity contribution in [3.05, 3.63) is 35.4 Å². The maximum atomic E-state index is 12.3. The van der Waals surface area contributed by atoms with Gasteiger partial charge in [-0.15, -0.1) is 0 Å². The lowest BCUT2D eigenvalue weighted by Crippen LogP contribution is -2.44. The van der Waals surface area contributed by atoms with Crippen molar-refractivity contribution in [1.82, 2.24) is 5.06 Å². The third-order valence-electron chi connectivity index (χ3n) is 3.89. The van der Waals surface area contributed by atoms with Gasteiger partial charge in [-0.25, -0.2) is 4.57 Å². The lowest BCUT2D eigenvalue weighted by atomic mass is 9.91. The average Bonchev–Trinajstić information content (AvgIpc) is 2.57. The quantitative estimate of drug-likeness (QED) is 0.791. The van der Waals surface area contributed by atoms with Crippen LogP contribution in [0.15, 0.2) is 24.3 Å². The highest BCUT2D eigenvalue weighted by molar-refractivity contribution is 7.48. The van der Waals surface area contributed by atoms with Crippen LogP contribution in [0.1, 0.15) is 38.8 Å². The number of hydrogen-bond donors (Lipinski definition) is 0. The second-order valence-electron chi connectivity index (χ2n) is 5.85. The Morgan fingerprint density at radius 2 is 1.35 bits per heavy atom. The Morgan fingerprint density at radius 3 is 1.70 bits per heavy atom. The fourth-order valence-electron chi connectivity index (χ4n) is 2.91. The molecule has 1 aromatic rings. The fraction of sp³-hybridized carbons (Fsp3) is 0.571. The van der Waals surface area contributed by atoms with Crippen molar-refractivity contribution < 1.29 is 18.2 Å². The summed E-state index contributed by atoms with van der Waals surface area (Å²) >= 11 is 0. The average molecular weight is 299 g/mol. The van der Waals surface area contributed by atoms with E-state index < -0.39 is 18.9 Å². The number of hydroxylamine groups is 2. The number of fused-ring (bicyclic) bond motifs is 1. The molecule has 0 bridgehead atoms. The normalized spacial score (nSPS) is 20.9. The summed E-state index contributed by atoms with van der Waals surface area (Å²) in [5, 5.41) is 1.71. The summed E-state index contributed by atoms with van der Waals surface area (Å²) in [7, 11) is -0.967. The molecule has 112 valence electrons. The first kappa shape index (κ1) is 15.7. The molecule has 0 amide bonds. The minimum atomic E-state index is -3.59. The molecule has 0 unspecified atom stereocenters. The van der Waals surface area contributed by atoms with Crippen molar-refractivity contribution in [3.8, 4) is 0 Å². The molecule has 0 saturated heterocycles. The maximum absolute atomic E-state index is 12.3. The zero-order chi connectivity index (χ0) is 15.2. The van der Waals surface area contributed by atoms with Gasteiger partial charge >= 0.3 is 7.82 Å². The summed E-state index contributed by atoms with van der Waals surface area (Å²) in [6.45, 7) is 8.10. The standard InChI is InChI=1S/C14H22NO4P/c1-13(2)11-9-7-8-10-12(11)14(3,4)15(13)19-20(16,17-5)18-6/h7-10H,1-6H3. The van der Waals surface area contributed by atoms with Crippen molar-refractivity contribution >= 4 is 7.82 Å². The lowest BCUT2D eigenvalue weighted by Gasteiger charge is -2.39. The SMILES string of the molecule is COP(=O)(OC)ON1C(C)(C)c2ccccc2C1(C)C. The Hall–Kier alpha value is -0.710. The van der Waals surface area contributed by atoms with Gasteiger partial charge in [-0.3, -0.25) is 9.05 Å². The number of phosphoric ester groups is 1. The van der Waals surface area contributed by atoms with E-state index in [-0.39, 0.29) is 0 Å². The van der Waals surface area contributed by atoms with E-state index in [2.05, 4.69) is 12.1 Å². The fourth-order valence-corrected chi connectivity index (χ4v) is 3.80. The van der Waals surface area contributed by atoms with Crippen LogP contribution in [0.3, 0.4) is 0 Å². The largest absolute Gasteiger partial charge is 0.491 e. The number of nitrogens with zero attached hydrogens (tertiary/aromatic N) is 1. The van der Waals surface area contributed by atoms with Crippen LogP contribution in [0.25, 0.3) is 0 Å². The third kappa shape index (κ3) is 2.24. The third-order valence-corrected chi connectivity index (χ3v) is 5.15. The topological polar surface area (TPSA) is 48.0 Å². The lowest BCUT2D eigenvalue weighted by molar-refractivity contribution is -0.203. The van der Waals surface area contributed by atoms with E-state index in [1.54, 1.807) is 5.06 Å². The van der Waals surface area contributed by atoms with E-state index in [4.69, 9.17) is 13.7 Å². The predicted octanol–water partition coefficient (Wildman–Crippen LogP) is 3.80. The Labute approximate surface area is 120 Å². The molecule has 0 radical (unpaired) electrons. The zero-order valence-corrected chi connectivity index (χ0v) is 13.7. The van der Waals surface area contributed by atoms with Crippen LogP contribution in [0.2, 0.25) is 0 Å². The molecule has 1 aliphatic heterocycles. The highest BCUT2D eigenvalue weighted by Gasteiger charge is 2.52. The van der Waals surface area contributed by atoms with Crippen molar-refractivity contribution in [2.75, 3.05) is 14.2 Å². The van der Waals surface area contributed by atoms with Crippen LogP contribution in [0, 0.1) is 0 Å². The highest BCUT2D eigenvalue weighted by atomic mass is 31.2. The first-order valence-electron chi connectivity index (χ1n) is 6.50. The molecule has 0 atom stereocenters. The molecule has 20 heavy (non-hydrogen) atoms. The highest BCUT2D eigenvalue weighted by Crippen LogP contribution is 2.57. The van der Waals surface area contributed by atoms with Crippen LogP contribution < -0.4 is 0 Å². The number of benzene rings is 1. The van der Waals surface area contributed by atoms with Gasteiger partial charge in [0.15, 0.2) is 0 Å². The molecule has 0 aromatic heterocycles. The van der Waals surface area contributed by atoms with E-state index in [0.29, 0.717) is 0 Å². The van der Waals surface area contributed by atoms with Crippen molar-refractivity contribution in [2.24, 2.45) is 0 Å². The molecule has 0 fully saturated rings. The first-order valence-corrected chi connectivity index (χ1v) is 7.96. The molecule has 6 heteroatoms. The monoisotopic (exact) mass is 299 g/mol. The van der Waals surface area contributed by atoms with Gasteiger partial charge in [0.2, 0.25) is 0 Å². The second-order valence-corrected chi connectivity index (χ2v) is 7.64. The van der Waals surface area contributed by atoms with E-state index in [0.717, 1.165) is 11.1 Å². The Kier molecular flexibility index (Phi) is 3.87. The van der Waals surface area contributed by atoms with Crippen LogP contribution >= 0.6 is 7.82 Å². The van der Waals surface area contributed by atoms with Crippen LogP contribution in [0.4, 0.5) is 0 Å². The summed E-state index contributed by atoms with van der Waals surface area (Å²) in [5.41, 5.74) is 1.41. The molecule has 1 heterocycles. The van der Waals surface area contributed by atoms with Gasteiger partial charge in [-0.05, 0) is 38.8 Å². The molecule has 5 nitrogen and oxygen atoms in total. The van der Waals surface area contributed by atoms with Crippen LogP contribution in [0.5, 0.6) is 0 Å². The van der Waals surface area contributed by atoms with Crippen LogP contribution in [-0.2, 0) is 29.3 Å². The van der Waals surface area contributed by atoms with Gasteiger partial charge < -0.3 is 0 Å². The van der Waals surface area contributed by atoms with E-state index in [9.17, 15) is 4.57 Å². The first-order chi connectivity index (χ1) is 9.19. The van der Waals surface area contributed by atoms with Crippen molar-refractivity contribution in [3.63, 3.8) is 0 Å². The van der Waals surface area contributed by atoms with Gasteiger partial charge in [0.25, 0.3) is 0 Å². The van der Waals surface area contributed by atoms with E-state index in [1.165, 1.54) is 14.2 Å². The van der Waals surface area contributed by atoms with Gasteiger partial charge in [0.1, 0.15) is 0 Å². The molecular formula is C14H22NO4P. The second kappa shape index (κ2) is 4.93.